The Kier molecular flexibility index (Phi) is 11.3. The number of benzene rings is 4. The van der Waals surface area contributed by atoms with Crippen molar-refractivity contribution >= 4 is 52.6 Å². The fourth-order valence-electron chi connectivity index (χ4n) is 4.17. The zero-order valence-corrected chi connectivity index (χ0v) is 25.9. The molecule has 0 spiro atoms. The molecule has 0 aromatic heterocycles. The number of nitrogens with one attached hydrogen (secondary N) is 3. The van der Waals surface area contributed by atoms with E-state index in [1.165, 1.54) is 63.4 Å². The molecule has 0 saturated heterocycles. The molecular weight excluding hydrogens is 612 g/mol. The van der Waals surface area contributed by atoms with Crippen molar-refractivity contribution in [2.24, 2.45) is 0 Å². The van der Waals surface area contributed by atoms with Crippen LogP contribution in [0, 0.1) is 10.1 Å². The zero-order valence-electron chi connectivity index (χ0n) is 25.1. The molecule has 0 heterocycles. The van der Waals surface area contributed by atoms with Gasteiger partial charge < -0.3 is 30.2 Å². The van der Waals surface area contributed by atoms with Crippen molar-refractivity contribution < 1.29 is 33.5 Å². The molecule has 0 radical (unpaired) electrons. The van der Waals surface area contributed by atoms with Crippen molar-refractivity contribution in [2.45, 2.75) is 4.90 Å². The standard InChI is InChI=1S/C33H30N4O8S/c1-43-28-17-21(18-29(44-2)31(28)45-3)16-27(36-32(39)22-8-5-4-6-9-22)33(40)35-24-10-7-11-26(19-24)46-20-30(38)34-23-12-14-25(15-13-23)37(41)42/h4-19H,20H2,1-3H3,(H,34,38)(H,35,40)(H,36,39)/b27-16+. The molecule has 0 fully saturated rings. The van der Waals surface area contributed by atoms with Gasteiger partial charge in [-0.1, -0.05) is 24.3 Å². The van der Waals surface area contributed by atoms with E-state index in [1.807, 2.05) is 0 Å². The zero-order chi connectivity index (χ0) is 33.1. The molecule has 0 bridgehead atoms. The number of hydrogen-bond acceptors (Lipinski definition) is 9. The Bertz CT molecular complexity index is 1740. The number of nitro benzene ring substituents is 1. The van der Waals surface area contributed by atoms with Gasteiger partial charge in [0.2, 0.25) is 11.7 Å². The number of carbonyl (C=O) groups is 3. The van der Waals surface area contributed by atoms with Crippen molar-refractivity contribution in [3.63, 3.8) is 0 Å². The van der Waals surface area contributed by atoms with Gasteiger partial charge in [0.1, 0.15) is 5.70 Å². The van der Waals surface area contributed by atoms with Crippen molar-refractivity contribution in [3.05, 3.63) is 118 Å². The average Bonchev–Trinajstić information content (AvgIpc) is 3.07. The summed E-state index contributed by atoms with van der Waals surface area (Å²) < 4.78 is 16.2. The number of rotatable bonds is 13. The van der Waals surface area contributed by atoms with E-state index in [1.54, 1.807) is 66.7 Å². The van der Waals surface area contributed by atoms with E-state index in [4.69, 9.17) is 14.2 Å². The van der Waals surface area contributed by atoms with Gasteiger partial charge in [-0.15, -0.1) is 11.8 Å². The summed E-state index contributed by atoms with van der Waals surface area (Å²) in [5, 5.41) is 19.0. The number of carbonyl (C=O) groups excluding carboxylic acids is 3. The topological polar surface area (TPSA) is 158 Å². The summed E-state index contributed by atoms with van der Waals surface area (Å²) in [6, 6.07) is 24.1. The van der Waals surface area contributed by atoms with Gasteiger partial charge in [-0.3, -0.25) is 24.5 Å². The number of nitro groups is 1. The van der Waals surface area contributed by atoms with Crippen LogP contribution in [0.1, 0.15) is 15.9 Å². The maximum atomic E-state index is 13.6. The highest BCUT2D eigenvalue weighted by molar-refractivity contribution is 8.00. The van der Waals surface area contributed by atoms with Crippen LogP contribution in [-0.4, -0.2) is 49.7 Å². The maximum absolute atomic E-state index is 13.6. The van der Waals surface area contributed by atoms with Gasteiger partial charge in [-0.2, -0.15) is 0 Å². The van der Waals surface area contributed by atoms with Crippen molar-refractivity contribution in [3.8, 4) is 17.2 Å². The molecule has 0 aliphatic carbocycles. The second-order valence-electron chi connectivity index (χ2n) is 9.46. The summed E-state index contributed by atoms with van der Waals surface area (Å²) in [6.07, 6.45) is 1.49. The minimum Gasteiger partial charge on any atom is -0.493 e. The summed E-state index contributed by atoms with van der Waals surface area (Å²) >= 11 is 1.23. The lowest BCUT2D eigenvalue weighted by atomic mass is 10.1. The largest absolute Gasteiger partial charge is 0.493 e. The van der Waals surface area contributed by atoms with Crippen LogP contribution in [0.15, 0.2) is 102 Å². The van der Waals surface area contributed by atoms with E-state index in [-0.39, 0.29) is 23.0 Å². The molecule has 0 atom stereocenters. The molecule has 12 nitrogen and oxygen atoms in total. The SMILES string of the molecule is COc1cc(/C=C(/NC(=O)c2ccccc2)C(=O)Nc2cccc(SCC(=O)Nc3ccc([N+](=O)[O-])cc3)c2)cc(OC)c1OC. The van der Waals surface area contributed by atoms with E-state index in [0.717, 1.165) is 0 Å². The normalized spacial score (nSPS) is 10.8. The van der Waals surface area contributed by atoms with Crippen LogP contribution in [0.3, 0.4) is 0 Å². The average molecular weight is 643 g/mol. The molecule has 3 amide bonds. The smallest absolute Gasteiger partial charge is 0.272 e. The first kappa shape index (κ1) is 33.1. The molecular formula is C33H30N4O8S. The number of hydrogen-bond donors (Lipinski definition) is 3. The molecule has 0 aliphatic rings. The first-order valence-electron chi connectivity index (χ1n) is 13.7. The highest BCUT2D eigenvalue weighted by atomic mass is 32.2. The first-order chi connectivity index (χ1) is 22.2. The molecule has 236 valence electrons. The minimum atomic E-state index is -0.601. The molecule has 0 saturated carbocycles. The summed E-state index contributed by atoms with van der Waals surface area (Å²) in [5.74, 6) is -0.249. The number of methoxy groups -OCH3 is 3. The Labute approximate surface area is 268 Å². The van der Waals surface area contributed by atoms with Gasteiger partial charge in [-0.05, 0) is 66.2 Å². The van der Waals surface area contributed by atoms with Crippen LogP contribution in [0.5, 0.6) is 17.2 Å². The third kappa shape index (κ3) is 8.86. The molecule has 0 unspecified atom stereocenters. The number of thioether (sulfide) groups is 1. The molecule has 0 aliphatic heterocycles. The number of ether oxygens (including phenoxy) is 3. The summed E-state index contributed by atoms with van der Waals surface area (Å²) in [5.41, 5.74) is 1.58. The monoisotopic (exact) mass is 642 g/mol. The second kappa shape index (κ2) is 15.8. The molecule has 13 heteroatoms. The first-order valence-corrected chi connectivity index (χ1v) is 14.7. The Morgan fingerprint density at radius 2 is 1.48 bits per heavy atom. The lowest BCUT2D eigenvalue weighted by molar-refractivity contribution is -0.384. The van der Waals surface area contributed by atoms with Crippen LogP contribution < -0.4 is 30.2 Å². The Balaban J connectivity index is 1.51. The van der Waals surface area contributed by atoms with Crippen LogP contribution in [0.4, 0.5) is 17.1 Å². The van der Waals surface area contributed by atoms with Crippen molar-refractivity contribution in [1.82, 2.24) is 5.32 Å². The van der Waals surface area contributed by atoms with Crippen LogP contribution in [0.25, 0.3) is 6.08 Å². The number of anilines is 2. The van der Waals surface area contributed by atoms with Crippen LogP contribution in [0.2, 0.25) is 0 Å². The van der Waals surface area contributed by atoms with Crippen LogP contribution >= 0.6 is 11.8 Å². The third-order valence-electron chi connectivity index (χ3n) is 6.35. The van der Waals surface area contributed by atoms with E-state index in [9.17, 15) is 24.5 Å². The lowest BCUT2D eigenvalue weighted by Crippen LogP contribution is -2.30. The fraction of sp³-hybridized carbons (Fsp3) is 0.121. The summed E-state index contributed by atoms with van der Waals surface area (Å²) in [7, 11) is 4.42. The van der Waals surface area contributed by atoms with E-state index >= 15 is 0 Å². The quantitative estimate of drug-likeness (QED) is 0.0713. The van der Waals surface area contributed by atoms with E-state index < -0.39 is 16.7 Å². The van der Waals surface area contributed by atoms with E-state index in [0.29, 0.717) is 44.6 Å². The summed E-state index contributed by atoms with van der Waals surface area (Å²) in [6.45, 7) is 0. The molecule has 46 heavy (non-hydrogen) atoms. The molecule has 4 aromatic rings. The molecule has 4 rings (SSSR count). The Hall–Kier alpha value is -5.82. The van der Waals surface area contributed by atoms with Gasteiger partial charge in [0, 0.05) is 34.0 Å². The highest BCUT2D eigenvalue weighted by Gasteiger charge is 2.18. The fourth-order valence-corrected chi connectivity index (χ4v) is 4.92. The van der Waals surface area contributed by atoms with Gasteiger partial charge in [-0.25, -0.2) is 0 Å². The molecule has 3 N–H and O–H groups in total. The summed E-state index contributed by atoms with van der Waals surface area (Å²) in [4.78, 5) is 50.1. The minimum absolute atomic E-state index is 0.0494. The Morgan fingerprint density at radius 3 is 2.09 bits per heavy atom. The predicted octanol–water partition coefficient (Wildman–Crippen LogP) is 5.76. The van der Waals surface area contributed by atoms with E-state index in [2.05, 4.69) is 16.0 Å². The van der Waals surface area contributed by atoms with Gasteiger partial charge in [0.25, 0.3) is 17.5 Å². The van der Waals surface area contributed by atoms with Gasteiger partial charge >= 0.3 is 0 Å². The Morgan fingerprint density at radius 1 is 0.804 bits per heavy atom. The maximum Gasteiger partial charge on any atom is 0.272 e. The van der Waals surface area contributed by atoms with Gasteiger partial charge in [0.05, 0.1) is 32.0 Å². The predicted molar refractivity (Wildman–Crippen MR) is 176 cm³/mol. The van der Waals surface area contributed by atoms with Crippen LogP contribution in [-0.2, 0) is 9.59 Å². The number of amides is 3. The van der Waals surface area contributed by atoms with Gasteiger partial charge in [0.15, 0.2) is 11.5 Å². The lowest BCUT2D eigenvalue weighted by Gasteiger charge is -2.15. The van der Waals surface area contributed by atoms with Crippen molar-refractivity contribution in [2.75, 3.05) is 37.7 Å². The molecule has 4 aromatic carbocycles. The highest BCUT2D eigenvalue weighted by Crippen LogP contribution is 2.38. The number of non-ortho nitro benzene ring substituents is 1. The second-order valence-corrected chi connectivity index (χ2v) is 10.5. The van der Waals surface area contributed by atoms with Crippen molar-refractivity contribution in [1.29, 1.82) is 0 Å². The third-order valence-corrected chi connectivity index (χ3v) is 7.34. The number of nitrogens with zero attached hydrogens (tertiary/aromatic N) is 1.